The molecule has 1 unspecified atom stereocenters. The zero-order chi connectivity index (χ0) is 15.6. The monoisotopic (exact) mass is 330 g/mol. The summed E-state index contributed by atoms with van der Waals surface area (Å²) in [6.45, 7) is 4.66. The van der Waals surface area contributed by atoms with Gasteiger partial charge in [-0.25, -0.2) is 9.97 Å². The van der Waals surface area contributed by atoms with Crippen molar-refractivity contribution in [1.29, 1.82) is 0 Å². The van der Waals surface area contributed by atoms with Gasteiger partial charge in [0.2, 0.25) is 0 Å². The fourth-order valence-electron chi connectivity index (χ4n) is 3.02. The van der Waals surface area contributed by atoms with Gasteiger partial charge >= 0.3 is 0 Å². The third kappa shape index (κ3) is 2.98. The van der Waals surface area contributed by atoms with E-state index in [4.69, 9.17) is 4.74 Å². The van der Waals surface area contributed by atoms with Gasteiger partial charge in [0.15, 0.2) is 0 Å². The Hall–Kier alpha value is -2.22. The Morgan fingerprint density at radius 1 is 1.39 bits per heavy atom. The number of ether oxygens (including phenoxy) is 1. The van der Waals surface area contributed by atoms with Crippen LogP contribution in [0.1, 0.15) is 18.5 Å². The number of rotatable bonds is 4. The van der Waals surface area contributed by atoms with E-state index in [2.05, 4.69) is 31.0 Å². The summed E-state index contributed by atoms with van der Waals surface area (Å²) in [7, 11) is 0. The van der Waals surface area contributed by atoms with Gasteiger partial charge in [0.25, 0.3) is 11.0 Å². The summed E-state index contributed by atoms with van der Waals surface area (Å²) in [5, 5.41) is 6.99. The number of hydrogen-bond acceptors (Lipinski definition) is 7. The number of aryl methyl sites for hydroxylation is 1. The molecule has 0 amide bonds. The van der Waals surface area contributed by atoms with Crippen molar-refractivity contribution < 1.29 is 4.74 Å². The first-order valence-electron chi connectivity index (χ1n) is 7.74. The lowest BCUT2D eigenvalue weighted by atomic mass is 9.99. The molecule has 7 nitrogen and oxygen atoms in total. The van der Waals surface area contributed by atoms with Gasteiger partial charge in [-0.3, -0.25) is 0 Å². The Bertz CT molecular complexity index is 786. The van der Waals surface area contributed by atoms with E-state index in [0.29, 0.717) is 18.3 Å². The van der Waals surface area contributed by atoms with Crippen LogP contribution in [0.25, 0.3) is 5.78 Å². The maximum Gasteiger partial charge on any atom is 0.273 e. The normalized spacial score (nSPS) is 18.5. The summed E-state index contributed by atoms with van der Waals surface area (Å²) in [5.41, 5.74) is 0.960. The largest absolute Gasteiger partial charge is 0.470 e. The maximum absolute atomic E-state index is 5.80. The van der Waals surface area contributed by atoms with Crippen LogP contribution in [0.3, 0.4) is 0 Å². The highest BCUT2D eigenvalue weighted by atomic mass is 32.1. The summed E-state index contributed by atoms with van der Waals surface area (Å²) in [6, 6.07) is 2.08. The van der Waals surface area contributed by atoms with Crippen LogP contribution in [0, 0.1) is 12.8 Å². The molecule has 0 bridgehead atoms. The van der Waals surface area contributed by atoms with Crippen LogP contribution in [-0.4, -0.2) is 44.3 Å². The number of nitrogens with zero attached hydrogens (tertiary/aromatic N) is 6. The molecule has 0 aromatic carbocycles. The van der Waals surface area contributed by atoms with Crippen molar-refractivity contribution in [2.24, 2.45) is 5.92 Å². The van der Waals surface area contributed by atoms with Crippen molar-refractivity contribution in [2.45, 2.75) is 19.8 Å². The molecule has 3 aromatic rings. The Morgan fingerprint density at radius 3 is 3.22 bits per heavy atom. The quantitative estimate of drug-likeness (QED) is 0.730. The van der Waals surface area contributed by atoms with Gasteiger partial charge in [0.05, 0.1) is 6.61 Å². The van der Waals surface area contributed by atoms with Gasteiger partial charge < -0.3 is 9.64 Å². The molecule has 0 aliphatic carbocycles. The minimum atomic E-state index is 0.486. The Kier molecular flexibility index (Phi) is 3.82. The maximum atomic E-state index is 5.80. The molecule has 0 N–H and O–H groups in total. The third-order valence-corrected chi connectivity index (χ3v) is 4.74. The second-order valence-corrected chi connectivity index (χ2v) is 6.65. The molecule has 1 atom stereocenters. The molecule has 3 aromatic heterocycles. The first-order chi connectivity index (χ1) is 11.3. The van der Waals surface area contributed by atoms with E-state index in [-0.39, 0.29) is 0 Å². The number of thiazole rings is 1. The van der Waals surface area contributed by atoms with Crippen molar-refractivity contribution in [3.05, 3.63) is 29.7 Å². The SMILES string of the molecule is Cc1cc(N2CCCC(COc3nccs3)C2)n2ncnc2n1. The average Bonchev–Trinajstić information content (AvgIpc) is 3.23. The zero-order valence-electron chi connectivity index (χ0n) is 12.9. The van der Waals surface area contributed by atoms with E-state index in [0.717, 1.165) is 36.2 Å². The Morgan fingerprint density at radius 2 is 2.35 bits per heavy atom. The lowest BCUT2D eigenvalue weighted by Gasteiger charge is -2.34. The van der Waals surface area contributed by atoms with Crippen LogP contribution in [0.4, 0.5) is 5.82 Å². The number of anilines is 1. The van der Waals surface area contributed by atoms with Gasteiger partial charge in [-0.15, -0.1) is 0 Å². The Labute approximate surface area is 138 Å². The van der Waals surface area contributed by atoms with Crippen molar-refractivity contribution in [2.75, 3.05) is 24.6 Å². The van der Waals surface area contributed by atoms with Crippen LogP contribution < -0.4 is 9.64 Å². The van der Waals surface area contributed by atoms with Crippen molar-refractivity contribution in [1.82, 2.24) is 24.6 Å². The second kappa shape index (κ2) is 6.11. The summed E-state index contributed by atoms with van der Waals surface area (Å²) >= 11 is 1.54. The fraction of sp³-hybridized carbons (Fsp3) is 0.467. The predicted octanol–water partition coefficient (Wildman–Crippen LogP) is 2.18. The van der Waals surface area contributed by atoms with E-state index < -0.39 is 0 Å². The van der Waals surface area contributed by atoms with Crippen molar-refractivity contribution in [3.63, 3.8) is 0 Å². The van der Waals surface area contributed by atoms with E-state index in [1.165, 1.54) is 17.8 Å². The third-order valence-electron chi connectivity index (χ3n) is 4.06. The minimum Gasteiger partial charge on any atom is -0.470 e. The molecule has 1 aliphatic heterocycles. The molecule has 0 saturated carbocycles. The molecule has 8 heteroatoms. The summed E-state index contributed by atoms with van der Waals surface area (Å²) < 4.78 is 7.62. The van der Waals surface area contributed by atoms with Gasteiger partial charge in [0.1, 0.15) is 12.1 Å². The first-order valence-corrected chi connectivity index (χ1v) is 8.62. The van der Waals surface area contributed by atoms with Gasteiger partial charge in [-0.2, -0.15) is 14.6 Å². The minimum absolute atomic E-state index is 0.486. The summed E-state index contributed by atoms with van der Waals surface area (Å²) in [4.78, 5) is 15.2. The summed E-state index contributed by atoms with van der Waals surface area (Å²) in [6.07, 6.45) is 5.64. The van der Waals surface area contributed by atoms with Crippen LogP contribution in [0.2, 0.25) is 0 Å². The van der Waals surface area contributed by atoms with Gasteiger partial charge in [-0.05, 0) is 19.8 Å². The van der Waals surface area contributed by atoms with E-state index in [1.54, 1.807) is 12.5 Å². The van der Waals surface area contributed by atoms with Crippen molar-refractivity contribution >= 4 is 22.9 Å². The summed E-state index contributed by atoms with van der Waals surface area (Å²) in [5.74, 6) is 2.20. The predicted molar refractivity (Wildman–Crippen MR) is 88.1 cm³/mol. The molecule has 4 rings (SSSR count). The smallest absolute Gasteiger partial charge is 0.273 e. The first kappa shape index (κ1) is 14.4. The highest BCUT2D eigenvalue weighted by molar-refractivity contribution is 7.11. The van der Waals surface area contributed by atoms with Crippen molar-refractivity contribution in [3.8, 4) is 5.19 Å². The topological polar surface area (TPSA) is 68.4 Å². The fourth-order valence-corrected chi connectivity index (χ4v) is 3.51. The lowest BCUT2D eigenvalue weighted by Crippen LogP contribution is -2.39. The number of aromatic nitrogens is 5. The van der Waals surface area contributed by atoms with Gasteiger partial charge in [-0.1, -0.05) is 11.3 Å². The molecule has 4 heterocycles. The number of piperidine rings is 1. The standard InChI is InChI=1S/C15H18N6OS/c1-11-7-13(21-14(19-11)17-10-18-21)20-5-2-3-12(8-20)9-22-15-16-4-6-23-15/h4,6-7,10,12H,2-3,5,8-9H2,1H3. The molecule has 0 radical (unpaired) electrons. The molecule has 0 spiro atoms. The van der Waals surface area contributed by atoms with E-state index in [9.17, 15) is 0 Å². The van der Waals surface area contributed by atoms with Crippen LogP contribution >= 0.6 is 11.3 Å². The van der Waals surface area contributed by atoms with E-state index >= 15 is 0 Å². The average molecular weight is 330 g/mol. The lowest BCUT2D eigenvalue weighted by molar-refractivity contribution is 0.227. The molecule has 1 aliphatic rings. The van der Waals surface area contributed by atoms with Crippen LogP contribution in [-0.2, 0) is 0 Å². The highest BCUT2D eigenvalue weighted by Crippen LogP contribution is 2.25. The van der Waals surface area contributed by atoms with Gasteiger partial charge in [0, 0.05) is 42.3 Å². The van der Waals surface area contributed by atoms with Crippen LogP contribution in [0.15, 0.2) is 24.0 Å². The number of fused-ring (bicyclic) bond motifs is 1. The van der Waals surface area contributed by atoms with Crippen LogP contribution in [0.5, 0.6) is 5.19 Å². The molecular formula is C15H18N6OS. The molecule has 1 fully saturated rings. The highest BCUT2D eigenvalue weighted by Gasteiger charge is 2.23. The molecular weight excluding hydrogens is 312 g/mol. The second-order valence-electron chi connectivity index (χ2n) is 5.79. The molecule has 1 saturated heterocycles. The number of hydrogen-bond donors (Lipinski definition) is 0. The Balaban J connectivity index is 1.51. The van der Waals surface area contributed by atoms with E-state index in [1.807, 2.05) is 16.8 Å². The molecule has 120 valence electrons. The zero-order valence-corrected chi connectivity index (χ0v) is 13.7. The molecule has 23 heavy (non-hydrogen) atoms.